The molecule has 28 heavy (non-hydrogen) atoms. The summed E-state index contributed by atoms with van der Waals surface area (Å²) in [6.07, 6.45) is 13.1. The molecule has 1 N–H and O–H groups in total. The van der Waals surface area contributed by atoms with Crippen LogP contribution in [0.5, 0.6) is 11.5 Å². The lowest BCUT2D eigenvalue weighted by atomic mass is 9.96. The molecule has 0 fully saturated rings. The molecule has 0 saturated carbocycles. The molecular weight excluding hydrogens is 370 g/mol. The van der Waals surface area contributed by atoms with Crippen LogP contribution in [0, 0.1) is 0 Å². The summed E-state index contributed by atoms with van der Waals surface area (Å²) in [4.78, 5) is 2.25. The third-order valence-corrected chi connectivity index (χ3v) is 5.88. The number of para-hydroxylation sites is 1. The predicted octanol–water partition coefficient (Wildman–Crippen LogP) is 6.36. The lowest BCUT2D eigenvalue weighted by molar-refractivity contribution is 0.245. The first-order valence-electron chi connectivity index (χ1n) is 9.25. The van der Waals surface area contributed by atoms with E-state index < -0.39 is 0 Å². The molecule has 0 amide bonds. The van der Waals surface area contributed by atoms with Crippen molar-refractivity contribution in [3.63, 3.8) is 0 Å². The Balaban J connectivity index is 1.43. The Bertz CT molecular complexity index is 1020. The highest BCUT2D eigenvalue weighted by molar-refractivity contribution is 7.99. The van der Waals surface area contributed by atoms with Crippen molar-refractivity contribution < 1.29 is 14.2 Å². The first-order valence-corrected chi connectivity index (χ1v) is 10.1. The monoisotopic (exact) mass is 389 g/mol. The number of hydrogen-bond acceptors (Lipinski definition) is 5. The molecule has 0 bridgehead atoms. The first-order chi connectivity index (χ1) is 13.9. The van der Waals surface area contributed by atoms with Crippen molar-refractivity contribution in [1.29, 1.82) is 0 Å². The van der Waals surface area contributed by atoms with Crippen LogP contribution < -0.4 is 10.1 Å². The molecule has 1 aliphatic carbocycles. The second-order valence-electron chi connectivity index (χ2n) is 6.64. The van der Waals surface area contributed by atoms with Gasteiger partial charge in [-0.15, -0.1) is 0 Å². The molecular formula is C23H19NO3S. The van der Waals surface area contributed by atoms with Crippen LogP contribution in [-0.2, 0) is 9.47 Å². The van der Waals surface area contributed by atoms with Gasteiger partial charge in [0, 0.05) is 11.8 Å². The van der Waals surface area contributed by atoms with E-state index in [1.165, 1.54) is 11.8 Å². The van der Waals surface area contributed by atoms with Crippen molar-refractivity contribution >= 4 is 17.4 Å². The SMILES string of the molecule is C1=CCCC(C(Nc2ccc3c(c2)Oc2ccccc2S3)C2=COC=CO2)=C1. The average molecular weight is 389 g/mol. The van der Waals surface area contributed by atoms with Crippen LogP contribution in [0.1, 0.15) is 12.8 Å². The number of ether oxygens (including phenoxy) is 3. The van der Waals surface area contributed by atoms with E-state index in [0.717, 1.165) is 45.6 Å². The van der Waals surface area contributed by atoms with Crippen molar-refractivity contribution in [3.05, 3.63) is 90.8 Å². The highest BCUT2D eigenvalue weighted by atomic mass is 32.2. The molecule has 2 aromatic rings. The molecule has 1 unspecified atom stereocenters. The van der Waals surface area contributed by atoms with Gasteiger partial charge in [0.25, 0.3) is 0 Å². The number of benzene rings is 2. The first kappa shape index (κ1) is 17.1. The topological polar surface area (TPSA) is 39.7 Å². The van der Waals surface area contributed by atoms with Gasteiger partial charge in [0.05, 0.1) is 9.79 Å². The summed E-state index contributed by atoms with van der Waals surface area (Å²) in [5, 5.41) is 3.59. The Morgan fingerprint density at radius 2 is 1.93 bits per heavy atom. The highest BCUT2D eigenvalue weighted by Crippen LogP contribution is 2.47. The minimum Gasteiger partial charge on any atom is -0.466 e. The van der Waals surface area contributed by atoms with Crippen LogP contribution in [0.3, 0.4) is 0 Å². The standard InChI is InChI=1S/C23H19NO3S/c1-2-6-16(7-3-1)23(20-15-25-12-13-26-20)24-17-10-11-22-19(14-17)27-18-8-4-5-9-21(18)28-22/h1-2,4-6,8-15,23-24H,3,7H2. The van der Waals surface area contributed by atoms with Gasteiger partial charge in [-0.2, -0.15) is 0 Å². The summed E-state index contributed by atoms with van der Waals surface area (Å²) in [5.74, 6) is 2.49. The van der Waals surface area contributed by atoms with E-state index in [1.807, 2.05) is 24.3 Å². The summed E-state index contributed by atoms with van der Waals surface area (Å²) in [6, 6.07) is 14.2. The molecule has 0 spiro atoms. The second-order valence-corrected chi connectivity index (χ2v) is 7.73. The lowest BCUT2D eigenvalue weighted by Crippen LogP contribution is -2.27. The van der Waals surface area contributed by atoms with Gasteiger partial charge in [0.2, 0.25) is 0 Å². The molecule has 2 aliphatic heterocycles. The molecule has 4 nitrogen and oxygen atoms in total. The quantitative estimate of drug-likeness (QED) is 0.562. The van der Waals surface area contributed by atoms with Gasteiger partial charge in [-0.05, 0) is 42.7 Å². The van der Waals surface area contributed by atoms with Gasteiger partial charge < -0.3 is 19.5 Å². The Labute approximate surface area is 168 Å². The number of allylic oxidation sites excluding steroid dienone is 3. The van der Waals surface area contributed by atoms with Crippen LogP contribution >= 0.6 is 11.8 Å². The minimum atomic E-state index is -0.100. The van der Waals surface area contributed by atoms with E-state index >= 15 is 0 Å². The van der Waals surface area contributed by atoms with Crippen molar-refractivity contribution in [2.75, 3.05) is 5.32 Å². The van der Waals surface area contributed by atoms with E-state index in [1.54, 1.807) is 24.3 Å². The van der Waals surface area contributed by atoms with Gasteiger partial charge in [-0.3, -0.25) is 0 Å². The normalized spacial score (nSPS) is 17.7. The van der Waals surface area contributed by atoms with Gasteiger partial charge in [0.1, 0.15) is 36.3 Å². The molecule has 5 heteroatoms. The Hall–Kier alpha value is -3.05. The van der Waals surface area contributed by atoms with Crippen LogP contribution in [0.15, 0.2) is 101 Å². The van der Waals surface area contributed by atoms with Gasteiger partial charge >= 0.3 is 0 Å². The smallest absolute Gasteiger partial charge is 0.165 e. The Morgan fingerprint density at radius 3 is 2.79 bits per heavy atom. The van der Waals surface area contributed by atoms with E-state index in [4.69, 9.17) is 14.2 Å². The van der Waals surface area contributed by atoms with E-state index in [-0.39, 0.29) is 6.04 Å². The van der Waals surface area contributed by atoms with Gasteiger partial charge in [0.15, 0.2) is 5.76 Å². The number of nitrogens with one attached hydrogen (secondary N) is 1. The zero-order valence-corrected chi connectivity index (χ0v) is 15.9. The van der Waals surface area contributed by atoms with Crippen LogP contribution in [0.25, 0.3) is 0 Å². The minimum absolute atomic E-state index is 0.100. The summed E-state index contributed by atoms with van der Waals surface area (Å²) in [7, 11) is 0. The fraction of sp³-hybridized carbons (Fsp3) is 0.130. The van der Waals surface area contributed by atoms with Crippen molar-refractivity contribution in [2.45, 2.75) is 28.7 Å². The van der Waals surface area contributed by atoms with E-state index in [2.05, 4.69) is 41.7 Å². The Kier molecular flexibility index (Phi) is 4.59. The molecule has 2 heterocycles. The number of anilines is 1. The molecule has 0 saturated heterocycles. The van der Waals surface area contributed by atoms with Gasteiger partial charge in [-0.25, -0.2) is 0 Å². The summed E-state index contributed by atoms with van der Waals surface area (Å²) < 4.78 is 17.2. The van der Waals surface area contributed by atoms with E-state index in [0.29, 0.717) is 0 Å². The van der Waals surface area contributed by atoms with Crippen molar-refractivity contribution in [2.24, 2.45) is 0 Å². The predicted molar refractivity (Wildman–Crippen MR) is 110 cm³/mol. The third-order valence-electron chi connectivity index (χ3n) is 4.77. The molecule has 2 aromatic carbocycles. The van der Waals surface area contributed by atoms with Crippen LogP contribution in [0.4, 0.5) is 5.69 Å². The average Bonchev–Trinajstić information content (AvgIpc) is 2.77. The number of fused-ring (bicyclic) bond motifs is 2. The van der Waals surface area contributed by atoms with Gasteiger partial charge in [-0.1, -0.05) is 42.1 Å². The third kappa shape index (κ3) is 3.41. The highest BCUT2D eigenvalue weighted by Gasteiger charge is 2.24. The van der Waals surface area contributed by atoms with Crippen molar-refractivity contribution in [1.82, 2.24) is 0 Å². The fourth-order valence-corrected chi connectivity index (χ4v) is 4.33. The molecule has 3 aliphatic rings. The summed E-state index contributed by atoms with van der Waals surface area (Å²) in [6.45, 7) is 0. The molecule has 0 aromatic heterocycles. The maximum atomic E-state index is 6.12. The molecule has 5 rings (SSSR count). The molecule has 140 valence electrons. The summed E-state index contributed by atoms with van der Waals surface area (Å²) in [5.41, 5.74) is 2.23. The maximum Gasteiger partial charge on any atom is 0.165 e. The zero-order valence-electron chi connectivity index (χ0n) is 15.1. The second kappa shape index (κ2) is 7.52. The van der Waals surface area contributed by atoms with Crippen LogP contribution in [0.2, 0.25) is 0 Å². The fourth-order valence-electron chi connectivity index (χ4n) is 3.40. The van der Waals surface area contributed by atoms with E-state index in [9.17, 15) is 0 Å². The zero-order chi connectivity index (χ0) is 18.8. The van der Waals surface area contributed by atoms with Crippen molar-refractivity contribution in [3.8, 4) is 11.5 Å². The number of rotatable bonds is 4. The Morgan fingerprint density at radius 1 is 1.00 bits per heavy atom. The number of hydrogen-bond donors (Lipinski definition) is 1. The molecule has 1 atom stereocenters. The molecule has 0 radical (unpaired) electrons. The summed E-state index contributed by atoms with van der Waals surface area (Å²) >= 11 is 1.73. The lowest BCUT2D eigenvalue weighted by Gasteiger charge is -2.27. The largest absolute Gasteiger partial charge is 0.466 e. The maximum absolute atomic E-state index is 6.12. The van der Waals surface area contributed by atoms with Crippen LogP contribution in [-0.4, -0.2) is 6.04 Å².